The summed E-state index contributed by atoms with van der Waals surface area (Å²) in [7, 11) is 1.94. The zero-order valence-electron chi connectivity index (χ0n) is 13.2. The number of anilines is 1. The first kappa shape index (κ1) is 15.2. The van der Waals surface area contributed by atoms with Crippen LogP contribution < -0.4 is 5.32 Å². The topological polar surface area (TPSA) is 41.1 Å². The Balaban J connectivity index is 2.08. The maximum Gasteiger partial charge on any atom is 0.132 e. The molecule has 1 N–H and O–H groups in total. The molecule has 0 spiro atoms. The molecule has 0 radical (unpaired) electrons. The number of hydrogen-bond donors (Lipinski definition) is 1. The minimum absolute atomic E-state index is 0.650. The molecule has 2 rings (SSSR count). The average Bonchev–Trinajstić information content (AvgIpc) is 3.02. The molecule has 0 bridgehead atoms. The standard InChI is InChI=1S/C16H28N4/c1-4-20(5-2)11-10-15-18-14(12-16(17-3)19-15)13-8-6-7-9-13/h12-13H,4-11H2,1-3H3,(H,17,18,19). The van der Waals surface area contributed by atoms with Gasteiger partial charge >= 0.3 is 0 Å². The van der Waals surface area contributed by atoms with E-state index in [1.54, 1.807) is 0 Å². The third-order valence-electron chi connectivity index (χ3n) is 4.37. The quantitative estimate of drug-likeness (QED) is 0.831. The summed E-state index contributed by atoms with van der Waals surface area (Å²) >= 11 is 0. The molecule has 0 aromatic carbocycles. The summed E-state index contributed by atoms with van der Waals surface area (Å²) in [5.41, 5.74) is 1.25. The number of hydrogen-bond acceptors (Lipinski definition) is 4. The van der Waals surface area contributed by atoms with Gasteiger partial charge in [-0.3, -0.25) is 0 Å². The summed E-state index contributed by atoms with van der Waals surface area (Å²) in [5.74, 6) is 2.61. The third-order valence-corrected chi connectivity index (χ3v) is 4.37. The van der Waals surface area contributed by atoms with Crippen molar-refractivity contribution in [3.05, 3.63) is 17.6 Å². The van der Waals surface area contributed by atoms with Crippen LogP contribution in [0.1, 0.15) is 57.0 Å². The molecule has 1 aliphatic rings. The van der Waals surface area contributed by atoms with Gasteiger partial charge in [0.1, 0.15) is 11.6 Å². The van der Waals surface area contributed by atoms with Crippen LogP contribution in [0.5, 0.6) is 0 Å². The van der Waals surface area contributed by atoms with E-state index < -0.39 is 0 Å². The second-order valence-corrected chi connectivity index (χ2v) is 5.60. The number of aromatic nitrogens is 2. The van der Waals surface area contributed by atoms with E-state index in [1.165, 1.54) is 31.4 Å². The van der Waals surface area contributed by atoms with Crippen molar-refractivity contribution in [2.75, 3.05) is 32.0 Å². The largest absolute Gasteiger partial charge is 0.373 e. The molecule has 1 saturated carbocycles. The van der Waals surface area contributed by atoms with Crippen LogP contribution in [0.25, 0.3) is 0 Å². The van der Waals surface area contributed by atoms with Crippen LogP contribution >= 0.6 is 0 Å². The lowest BCUT2D eigenvalue weighted by Crippen LogP contribution is -2.26. The molecule has 4 heteroatoms. The van der Waals surface area contributed by atoms with E-state index in [-0.39, 0.29) is 0 Å². The fourth-order valence-corrected chi connectivity index (χ4v) is 2.99. The summed E-state index contributed by atoms with van der Waals surface area (Å²) in [6, 6.07) is 2.14. The maximum absolute atomic E-state index is 4.83. The SMILES string of the molecule is CCN(CC)CCc1nc(NC)cc(C2CCCC2)n1. The van der Waals surface area contributed by atoms with Gasteiger partial charge in [0.15, 0.2) is 0 Å². The lowest BCUT2D eigenvalue weighted by molar-refractivity contribution is 0.305. The van der Waals surface area contributed by atoms with Crippen molar-refractivity contribution < 1.29 is 0 Å². The van der Waals surface area contributed by atoms with Gasteiger partial charge in [0.2, 0.25) is 0 Å². The fourth-order valence-electron chi connectivity index (χ4n) is 2.99. The first-order chi connectivity index (χ1) is 9.76. The minimum Gasteiger partial charge on any atom is -0.373 e. The third kappa shape index (κ3) is 3.92. The monoisotopic (exact) mass is 276 g/mol. The van der Waals surface area contributed by atoms with Gasteiger partial charge in [-0.05, 0) is 25.9 Å². The molecule has 0 saturated heterocycles. The number of rotatable bonds is 7. The first-order valence-corrected chi connectivity index (χ1v) is 8.04. The molecule has 0 unspecified atom stereocenters. The van der Waals surface area contributed by atoms with E-state index >= 15 is 0 Å². The van der Waals surface area contributed by atoms with E-state index in [1.807, 2.05) is 7.05 Å². The molecule has 1 heterocycles. The molecule has 20 heavy (non-hydrogen) atoms. The van der Waals surface area contributed by atoms with Crippen molar-refractivity contribution in [3.63, 3.8) is 0 Å². The number of nitrogens with zero attached hydrogens (tertiary/aromatic N) is 3. The smallest absolute Gasteiger partial charge is 0.132 e. The van der Waals surface area contributed by atoms with E-state index in [2.05, 4.69) is 35.1 Å². The lowest BCUT2D eigenvalue weighted by atomic mass is 10.0. The summed E-state index contributed by atoms with van der Waals surface area (Å²) in [6.45, 7) is 7.65. The van der Waals surface area contributed by atoms with Crippen molar-refractivity contribution in [2.45, 2.75) is 51.9 Å². The Morgan fingerprint density at radius 1 is 1.20 bits per heavy atom. The molecular formula is C16H28N4. The van der Waals surface area contributed by atoms with Crippen LogP contribution in [-0.4, -0.2) is 41.5 Å². The highest BCUT2D eigenvalue weighted by Gasteiger charge is 2.19. The predicted octanol–water partition coefficient (Wildman–Crippen LogP) is 3.06. The van der Waals surface area contributed by atoms with Gasteiger partial charge in [-0.2, -0.15) is 0 Å². The molecule has 4 nitrogen and oxygen atoms in total. The summed E-state index contributed by atoms with van der Waals surface area (Å²) in [5, 5.41) is 3.18. The zero-order chi connectivity index (χ0) is 14.4. The molecule has 112 valence electrons. The summed E-state index contributed by atoms with van der Waals surface area (Å²) < 4.78 is 0. The van der Waals surface area contributed by atoms with E-state index in [9.17, 15) is 0 Å². The van der Waals surface area contributed by atoms with Gasteiger partial charge in [0, 0.05) is 37.7 Å². The molecule has 1 aromatic heterocycles. The highest BCUT2D eigenvalue weighted by atomic mass is 15.1. The Bertz CT molecular complexity index is 409. The molecule has 0 atom stereocenters. The van der Waals surface area contributed by atoms with Crippen LogP contribution in [-0.2, 0) is 6.42 Å². The molecule has 1 aliphatic carbocycles. The highest BCUT2D eigenvalue weighted by Crippen LogP contribution is 2.33. The van der Waals surface area contributed by atoms with Crippen molar-refractivity contribution in [2.24, 2.45) is 0 Å². The van der Waals surface area contributed by atoms with E-state index in [4.69, 9.17) is 4.98 Å². The van der Waals surface area contributed by atoms with Crippen LogP contribution in [0, 0.1) is 0 Å². The highest BCUT2D eigenvalue weighted by molar-refractivity contribution is 5.36. The van der Waals surface area contributed by atoms with Gasteiger partial charge in [-0.25, -0.2) is 9.97 Å². The Hall–Kier alpha value is -1.16. The van der Waals surface area contributed by atoms with Crippen molar-refractivity contribution >= 4 is 5.82 Å². The van der Waals surface area contributed by atoms with Crippen LogP contribution in [0.4, 0.5) is 5.82 Å². The van der Waals surface area contributed by atoms with Crippen molar-refractivity contribution in [3.8, 4) is 0 Å². The Morgan fingerprint density at radius 3 is 2.50 bits per heavy atom. The van der Waals surface area contributed by atoms with Crippen molar-refractivity contribution in [1.82, 2.24) is 14.9 Å². The normalized spacial score (nSPS) is 16.0. The minimum atomic E-state index is 0.650. The van der Waals surface area contributed by atoms with Crippen molar-refractivity contribution in [1.29, 1.82) is 0 Å². The zero-order valence-corrected chi connectivity index (χ0v) is 13.2. The number of nitrogens with one attached hydrogen (secondary N) is 1. The molecule has 1 aromatic rings. The lowest BCUT2D eigenvalue weighted by Gasteiger charge is -2.18. The van der Waals surface area contributed by atoms with Crippen LogP contribution in [0.2, 0.25) is 0 Å². The molecular weight excluding hydrogens is 248 g/mol. The van der Waals surface area contributed by atoms with Gasteiger partial charge in [0.05, 0.1) is 0 Å². The van der Waals surface area contributed by atoms with Gasteiger partial charge < -0.3 is 10.2 Å². The predicted molar refractivity (Wildman–Crippen MR) is 84.3 cm³/mol. The Kier molecular flexibility index (Phi) is 5.77. The van der Waals surface area contributed by atoms with Gasteiger partial charge in [-0.1, -0.05) is 26.7 Å². The van der Waals surface area contributed by atoms with Crippen LogP contribution in [0.3, 0.4) is 0 Å². The second-order valence-electron chi connectivity index (χ2n) is 5.60. The Labute approximate surface area is 123 Å². The second kappa shape index (κ2) is 7.58. The van der Waals surface area contributed by atoms with Gasteiger partial charge in [0.25, 0.3) is 0 Å². The average molecular weight is 276 g/mol. The molecule has 1 fully saturated rings. The first-order valence-electron chi connectivity index (χ1n) is 8.04. The van der Waals surface area contributed by atoms with Crippen LogP contribution in [0.15, 0.2) is 6.07 Å². The van der Waals surface area contributed by atoms with E-state index in [0.29, 0.717) is 5.92 Å². The summed E-state index contributed by atoms with van der Waals surface area (Å²) in [4.78, 5) is 11.9. The molecule has 0 aliphatic heterocycles. The molecule has 0 amide bonds. The van der Waals surface area contributed by atoms with E-state index in [0.717, 1.165) is 37.7 Å². The summed E-state index contributed by atoms with van der Waals surface area (Å²) in [6.07, 6.45) is 6.21. The van der Waals surface area contributed by atoms with Gasteiger partial charge in [-0.15, -0.1) is 0 Å². The Morgan fingerprint density at radius 2 is 1.90 bits per heavy atom. The fraction of sp³-hybridized carbons (Fsp3) is 0.750. The maximum atomic E-state index is 4.83. The number of likely N-dealkylation sites (N-methyl/N-ethyl adjacent to an activating group) is 1.